The van der Waals surface area contributed by atoms with E-state index in [2.05, 4.69) is 15.8 Å². The monoisotopic (exact) mass is 313 g/mol. The van der Waals surface area contributed by atoms with Crippen molar-refractivity contribution in [2.24, 2.45) is 5.10 Å². The lowest BCUT2D eigenvalue weighted by Crippen LogP contribution is -2.35. The summed E-state index contributed by atoms with van der Waals surface area (Å²) < 4.78 is 4.94. The van der Waals surface area contributed by atoms with E-state index in [0.717, 1.165) is 24.1 Å². The zero-order chi connectivity index (χ0) is 16.5. The molecular formula is C17H19N3O3. The number of hydrazone groups is 1. The van der Waals surface area contributed by atoms with Crippen molar-refractivity contribution in [3.05, 3.63) is 60.1 Å². The van der Waals surface area contributed by atoms with Gasteiger partial charge in [-0.3, -0.25) is 9.59 Å². The molecule has 1 aromatic carbocycles. The molecule has 6 nitrogen and oxygen atoms in total. The quantitative estimate of drug-likeness (QED) is 0.608. The van der Waals surface area contributed by atoms with Crippen LogP contribution in [0.4, 0.5) is 0 Å². The van der Waals surface area contributed by atoms with Crippen LogP contribution in [0.1, 0.15) is 35.9 Å². The molecule has 0 unspecified atom stereocenters. The number of nitrogens with zero attached hydrogens (tertiary/aromatic N) is 1. The Morgan fingerprint density at radius 3 is 2.57 bits per heavy atom. The molecule has 0 saturated heterocycles. The maximum atomic E-state index is 11.8. The number of carbonyl (C=O) groups excluding carboxylic acids is 2. The third kappa shape index (κ3) is 5.10. The summed E-state index contributed by atoms with van der Waals surface area (Å²) in [5, 5.41) is 6.63. The molecule has 2 rings (SSSR count). The molecule has 0 atom stereocenters. The number of nitrogens with one attached hydrogen (secondary N) is 2. The van der Waals surface area contributed by atoms with Crippen molar-refractivity contribution in [1.29, 1.82) is 0 Å². The van der Waals surface area contributed by atoms with Crippen LogP contribution >= 0.6 is 0 Å². The second-order valence-electron chi connectivity index (χ2n) is 4.87. The first-order valence-corrected chi connectivity index (χ1v) is 7.43. The fourth-order valence-corrected chi connectivity index (χ4v) is 1.96. The molecule has 0 aliphatic heterocycles. The second-order valence-corrected chi connectivity index (χ2v) is 4.87. The first kappa shape index (κ1) is 16.5. The minimum Gasteiger partial charge on any atom is -0.459 e. The lowest BCUT2D eigenvalue weighted by molar-refractivity contribution is -0.120. The van der Waals surface area contributed by atoms with Gasteiger partial charge in [0.1, 0.15) is 0 Å². The zero-order valence-electron chi connectivity index (χ0n) is 12.9. The lowest BCUT2D eigenvalue weighted by Gasteiger charge is -2.07. The highest BCUT2D eigenvalue weighted by Crippen LogP contribution is 2.06. The van der Waals surface area contributed by atoms with Gasteiger partial charge in [0.25, 0.3) is 11.8 Å². The molecule has 0 bridgehead atoms. The Morgan fingerprint density at radius 1 is 1.13 bits per heavy atom. The largest absolute Gasteiger partial charge is 0.459 e. The number of carbonyl (C=O) groups is 2. The molecule has 1 heterocycles. The van der Waals surface area contributed by atoms with E-state index in [1.165, 1.54) is 12.3 Å². The van der Waals surface area contributed by atoms with Crippen LogP contribution in [0.15, 0.2) is 58.2 Å². The van der Waals surface area contributed by atoms with Gasteiger partial charge in [-0.25, -0.2) is 5.43 Å². The molecule has 6 heteroatoms. The Bertz CT molecular complexity index is 664. The zero-order valence-corrected chi connectivity index (χ0v) is 12.9. The van der Waals surface area contributed by atoms with Crippen LogP contribution < -0.4 is 10.7 Å². The molecule has 2 amide bonds. The second kappa shape index (κ2) is 8.53. The number of hydrogen-bond donors (Lipinski definition) is 2. The summed E-state index contributed by atoms with van der Waals surface area (Å²) in [5.41, 5.74) is 4.24. The smallest absolute Gasteiger partial charge is 0.287 e. The van der Waals surface area contributed by atoms with E-state index in [1.807, 2.05) is 37.3 Å². The van der Waals surface area contributed by atoms with Crippen LogP contribution in [0.25, 0.3) is 0 Å². The van der Waals surface area contributed by atoms with Crippen LogP contribution in [0.2, 0.25) is 0 Å². The normalized spacial score (nSPS) is 11.1. The molecule has 0 fully saturated rings. The molecular weight excluding hydrogens is 294 g/mol. The van der Waals surface area contributed by atoms with E-state index in [0.29, 0.717) is 0 Å². The standard InChI is InChI=1S/C17H19N3O3/c1-2-7-14(13-8-4-3-5-9-13)19-20-16(21)12-18-17(22)15-10-6-11-23-15/h3-6,8-11H,2,7,12H2,1H3,(H,18,22)(H,20,21)/b19-14+. The summed E-state index contributed by atoms with van der Waals surface area (Å²) in [7, 11) is 0. The van der Waals surface area contributed by atoms with E-state index in [1.54, 1.807) is 6.07 Å². The van der Waals surface area contributed by atoms with Gasteiger partial charge in [0.2, 0.25) is 0 Å². The number of furan rings is 1. The number of benzene rings is 1. The van der Waals surface area contributed by atoms with Crippen molar-refractivity contribution in [2.45, 2.75) is 19.8 Å². The van der Waals surface area contributed by atoms with Gasteiger partial charge in [0.15, 0.2) is 5.76 Å². The lowest BCUT2D eigenvalue weighted by atomic mass is 10.1. The molecule has 1 aromatic heterocycles. The minimum absolute atomic E-state index is 0.164. The third-order valence-electron chi connectivity index (χ3n) is 3.06. The molecule has 23 heavy (non-hydrogen) atoms. The molecule has 0 aliphatic carbocycles. The third-order valence-corrected chi connectivity index (χ3v) is 3.06. The molecule has 0 saturated carbocycles. The molecule has 120 valence electrons. The average molecular weight is 313 g/mol. The first-order chi connectivity index (χ1) is 11.2. The highest BCUT2D eigenvalue weighted by molar-refractivity contribution is 6.01. The molecule has 2 N–H and O–H groups in total. The Hall–Kier alpha value is -2.89. The Morgan fingerprint density at radius 2 is 1.91 bits per heavy atom. The van der Waals surface area contributed by atoms with Crippen molar-refractivity contribution in [3.63, 3.8) is 0 Å². The van der Waals surface area contributed by atoms with E-state index in [9.17, 15) is 9.59 Å². The molecule has 2 aromatic rings. The van der Waals surface area contributed by atoms with Crippen LogP contribution in [0.5, 0.6) is 0 Å². The van der Waals surface area contributed by atoms with Gasteiger partial charge in [0.05, 0.1) is 18.5 Å². The fourth-order valence-electron chi connectivity index (χ4n) is 1.96. The van der Waals surface area contributed by atoms with Crippen molar-refractivity contribution < 1.29 is 14.0 Å². The van der Waals surface area contributed by atoms with Gasteiger partial charge >= 0.3 is 0 Å². The maximum absolute atomic E-state index is 11.8. The van der Waals surface area contributed by atoms with Gasteiger partial charge < -0.3 is 9.73 Å². The Kier molecular flexibility index (Phi) is 6.11. The Balaban J connectivity index is 1.89. The van der Waals surface area contributed by atoms with Crippen molar-refractivity contribution in [1.82, 2.24) is 10.7 Å². The van der Waals surface area contributed by atoms with Gasteiger partial charge in [-0.1, -0.05) is 43.7 Å². The van der Waals surface area contributed by atoms with E-state index < -0.39 is 11.8 Å². The fraction of sp³-hybridized carbons (Fsp3) is 0.235. The summed E-state index contributed by atoms with van der Waals surface area (Å²) in [6.45, 7) is 1.88. The van der Waals surface area contributed by atoms with Crippen LogP contribution in [0, 0.1) is 0 Å². The predicted octanol–water partition coefficient (Wildman–Crippen LogP) is 2.33. The highest BCUT2D eigenvalue weighted by Gasteiger charge is 2.10. The molecule has 0 spiro atoms. The molecule has 0 radical (unpaired) electrons. The van der Waals surface area contributed by atoms with E-state index >= 15 is 0 Å². The van der Waals surface area contributed by atoms with Gasteiger partial charge in [-0.05, 0) is 24.1 Å². The summed E-state index contributed by atoms with van der Waals surface area (Å²) in [4.78, 5) is 23.4. The van der Waals surface area contributed by atoms with Crippen LogP contribution in [-0.4, -0.2) is 24.1 Å². The van der Waals surface area contributed by atoms with Gasteiger partial charge in [-0.2, -0.15) is 5.10 Å². The first-order valence-electron chi connectivity index (χ1n) is 7.43. The number of hydrogen-bond acceptors (Lipinski definition) is 4. The summed E-state index contributed by atoms with van der Waals surface area (Å²) in [5.74, 6) is -0.669. The summed E-state index contributed by atoms with van der Waals surface area (Å²) in [6.07, 6.45) is 3.07. The van der Waals surface area contributed by atoms with Crippen molar-refractivity contribution in [2.75, 3.05) is 6.54 Å². The summed E-state index contributed by atoms with van der Waals surface area (Å²) >= 11 is 0. The number of amides is 2. The highest BCUT2D eigenvalue weighted by atomic mass is 16.3. The van der Waals surface area contributed by atoms with Crippen LogP contribution in [0.3, 0.4) is 0 Å². The van der Waals surface area contributed by atoms with E-state index in [4.69, 9.17) is 4.42 Å². The maximum Gasteiger partial charge on any atom is 0.287 e. The Labute approximate surface area is 134 Å². The van der Waals surface area contributed by atoms with Crippen molar-refractivity contribution in [3.8, 4) is 0 Å². The minimum atomic E-state index is -0.439. The predicted molar refractivity (Wildman–Crippen MR) is 87.1 cm³/mol. The average Bonchev–Trinajstić information content (AvgIpc) is 3.12. The summed E-state index contributed by atoms with van der Waals surface area (Å²) in [6, 6.07) is 12.8. The SMILES string of the molecule is CCC/C(=N\NC(=O)CNC(=O)c1ccco1)c1ccccc1. The topological polar surface area (TPSA) is 83.7 Å². The van der Waals surface area contributed by atoms with Crippen LogP contribution in [-0.2, 0) is 4.79 Å². The van der Waals surface area contributed by atoms with Gasteiger partial charge in [-0.15, -0.1) is 0 Å². The number of rotatable bonds is 7. The van der Waals surface area contributed by atoms with E-state index in [-0.39, 0.29) is 12.3 Å². The van der Waals surface area contributed by atoms with Crippen molar-refractivity contribution >= 4 is 17.5 Å². The molecule has 0 aliphatic rings. The van der Waals surface area contributed by atoms with Gasteiger partial charge in [0, 0.05) is 0 Å².